The third-order valence-corrected chi connectivity index (χ3v) is 7.03. The molecule has 1 unspecified atom stereocenters. The number of para-hydroxylation sites is 1. The second kappa shape index (κ2) is 7.19. The molecule has 0 bridgehead atoms. The van der Waals surface area contributed by atoms with Crippen LogP contribution in [0.3, 0.4) is 0 Å². The molecule has 4 rings (SSSR count). The van der Waals surface area contributed by atoms with Crippen LogP contribution < -0.4 is 20.7 Å². The fourth-order valence-electron chi connectivity index (χ4n) is 3.26. The van der Waals surface area contributed by atoms with Gasteiger partial charge in [-0.15, -0.1) is 0 Å². The molecule has 0 aliphatic rings. The van der Waals surface area contributed by atoms with Crippen molar-refractivity contribution in [1.82, 2.24) is 0 Å². The molecule has 4 aromatic rings. The van der Waals surface area contributed by atoms with Gasteiger partial charge in [0.1, 0.15) is 11.5 Å². The summed E-state index contributed by atoms with van der Waals surface area (Å²) < 4.78 is 5.66. The van der Waals surface area contributed by atoms with Crippen LogP contribution >= 0.6 is 7.92 Å². The highest BCUT2D eigenvalue weighted by molar-refractivity contribution is 7.80. The molecule has 0 heterocycles. The molecule has 128 valence electrons. The van der Waals surface area contributed by atoms with Gasteiger partial charge in [0, 0.05) is 10.6 Å². The highest BCUT2D eigenvalue weighted by Gasteiger charge is 2.24. The first-order valence-corrected chi connectivity index (χ1v) is 9.82. The Morgan fingerprint density at radius 1 is 0.731 bits per heavy atom. The third-order valence-electron chi connectivity index (χ3n) is 4.44. The van der Waals surface area contributed by atoms with Crippen LogP contribution in [0.1, 0.15) is 0 Å². The maximum absolute atomic E-state index is 10.8. The Kier molecular flexibility index (Phi) is 4.60. The van der Waals surface area contributed by atoms with Crippen molar-refractivity contribution in [1.29, 1.82) is 0 Å². The first-order valence-electron chi connectivity index (χ1n) is 8.48. The van der Waals surface area contributed by atoms with Crippen LogP contribution in [0.5, 0.6) is 11.5 Å². The minimum absolute atomic E-state index is 0.324. The number of aromatic hydroxyl groups is 1. The summed E-state index contributed by atoms with van der Waals surface area (Å²) in [4.78, 5) is 0. The molecule has 0 aromatic heterocycles. The van der Waals surface area contributed by atoms with E-state index >= 15 is 0 Å². The van der Waals surface area contributed by atoms with E-state index in [1.807, 2.05) is 54.6 Å². The number of rotatable bonds is 4. The lowest BCUT2D eigenvalue weighted by atomic mass is 10.1. The molecule has 0 fully saturated rings. The molecule has 0 saturated heterocycles. The second-order valence-corrected chi connectivity index (χ2v) is 8.11. The molecule has 0 amide bonds. The van der Waals surface area contributed by atoms with E-state index in [0.717, 1.165) is 27.1 Å². The summed E-state index contributed by atoms with van der Waals surface area (Å²) in [6.45, 7) is 0. The lowest BCUT2D eigenvalue weighted by Gasteiger charge is -2.23. The van der Waals surface area contributed by atoms with Crippen LogP contribution in [0.15, 0.2) is 91.0 Å². The lowest BCUT2D eigenvalue weighted by molar-refractivity contribution is 0.418. The van der Waals surface area contributed by atoms with Crippen molar-refractivity contribution >= 4 is 34.6 Å². The largest absolute Gasteiger partial charge is 0.507 e. The van der Waals surface area contributed by atoms with Gasteiger partial charge in [-0.1, -0.05) is 78.9 Å². The molecule has 0 radical (unpaired) electrons. The zero-order valence-corrected chi connectivity index (χ0v) is 15.4. The Hall–Kier alpha value is -2.83. The number of hydrogen-bond acceptors (Lipinski definition) is 2. The van der Waals surface area contributed by atoms with Crippen molar-refractivity contribution < 1.29 is 9.84 Å². The zero-order valence-electron chi connectivity index (χ0n) is 14.5. The number of hydrogen-bond donors (Lipinski definition) is 1. The molecule has 0 spiro atoms. The van der Waals surface area contributed by atoms with Crippen LogP contribution in [0.4, 0.5) is 0 Å². The number of benzene rings is 4. The molecule has 1 atom stereocenters. The van der Waals surface area contributed by atoms with Crippen LogP contribution in [-0.4, -0.2) is 12.2 Å². The summed E-state index contributed by atoms with van der Waals surface area (Å²) in [7, 11) is 0.727. The molecule has 2 nitrogen and oxygen atoms in total. The highest BCUT2D eigenvalue weighted by Crippen LogP contribution is 2.41. The number of ether oxygens (including phenoxy) is 1. The summed E-state index contributed by atoms with van der Waals surface area (Å²) in [5.74, 6) is 1.17. The minimum atomic E-state index is -0.968. The molecule has 1 N–H and O–H groups in total. The predicted molar refractivity (Wildman–Crippen MR) is 111 cm³/mol. The minimum Gasteiger partial charge on any atom is -0.507 e. The van der Waals surface area contributed by atoms with Gasteiger partial charge in [-0.05, 0) is 36.1 Å². The first kappa shape index (κ1) is 16.6. The van der Waals surface area contributed by atoms with Gasteiger partial charge in [0.05, 0.1) is 7.11 Å². The first-order chi connectivity index (χ1) is 12.8. The number of methoxy groups -OCH3 is 1. The van der Waals surface area contributed by atoms with Gasteiger partial charge in [-0.25, -0.2) is 0 Å². The highest BCUT2D eigenvalue weighted by atomic mass is 31.1. The van der Waals surface area contributed by atoms with E-state index in [9.17, 15) is 5.11 Å². The second-order valence-electron chi connectivity index (χ2n) is 6.00. The predicted octanol–water partition coefficient (Wildman–Crippen LogP) is 4.31. The fraction of sp³-hybridized carbons (Fsp3) is 0.0435. The van der Waals surface area contributed by atoms with Crippen molar-refractivity contribution in [2.75, 3.05) is 7.11 Å². The van der Waals surface area contributed by atoms with E-state index in [-0.39, 0.29) is 0 Å². The van der Waals surface area contributed by atoms with Crippen molar-refractivity contribution in [3.8, 4) is 11.5 Å². The smallest absolute Gasteiger partial charge is 0.127 e. The molecule has 4 aromatic carbocycles. The summed E-state index contributed by atoms with van der Waals surface area (Å²) in [6.07, 6.45) is 0. The van der Waals surface area contributed by atoms with Crippen molar-refractivity contribution in [2.24, 2.45) is 0 Å². The fourth-order valence-corrected chi connectivity index (χ4v) is 5.88. The molecular formula is C23H19O2P. The maximum Gasteiger partial charge on any atom is 0.127 e. The molecule has 26 heavy (non-hydrogen) atoms. The van der Waals surface area contributed by atoms with Gasteiger partial charge in [-0.2, -0.15) is 0 Å². The summed E-state index contributed by atoms with van der Waals surface area (Å²) in [6, 6.07) is 30.4. The van der Waals surface area contributed by atoms with E-state index in [1.54, 1.807) is 13.2 Å². The van der Waals surface area contributed by atoms with Crippen molar-refractivity contribution in [2.45, 2.75) is 0 Å². The Bertz CT molecular complexity index is 1040. The number of phenolic OH excluding ortho intramolecular Hbond substituents is 1. The standard InChI is InChI=1S/C23H19O2P/c1-25-21-13-7-8-14-22(21)26(18-10-3-2-4-11-18)23-19-12-6-5-9-17(19)15-16-20(23)24/h2-16,24H,1H3. The van der Waals surface area contributed by atoms with Gasteiger partial charge >= 0.3 is 0 Å². The Morgan fingerprint density at radius 3 is 2.23 bits per heavy atom. The molecular weight excluding hydrogens is 339 g/mol. The normalized spacial score (nSPS) is 12.0. The van der Waals surface area contributed by atoms with E-state index in [0.29, 0.717) is 5.75 Å². The van der Waals surface area contributed by atoms with E-state index in [2.05, 4.69) is 30.3 Å². The van der Waals surface area contributed by atoms with E-state index in [1.165, 1.54) is 5.30 Å². The van der Waals surface area contributed by atoms with Crippen molar-refractivity contribution in [3.05, 3.63) is 91.0 Å². The van der Waals surface area contributed by atoms with E-state index in [4.69, 9.17) is 4.74 Å². The Labute approximate surface area is 154 Å². The van der Waals surface area contributed by atoms with E-state index < -0.39 is 7.92 Å². The maximum atomic E-state index is 10.8. The van der Waals surface area contributed by atoms with Crippen LogP contribution in [0, 0.1) is 0 Å². The topological polar surface area (TPSA) is 29.5 Å². The monoisotopic (exact) mass is 358 g/mol. The van der Waals surface area contributed by atoms with Gasteiger partial charge < -0.3 is 9.84 Å². The SMILES string of the molecule is COc1ccccc1P(c1ccccc1)c1c(O)ccc2ccccc12. The van der Waals surface area contributed by atoms with Crippen LogP contribution in [0.25, 0.3) is 10.8 Å². The summed E-state index contributed by atoms with van der Waals surface area (Å²) in [5.41, 5.74) is 0. The Balaban J connectivity index is 2.06. The summed E-state index contributed by atoms with van der Waals surface area (Å²) in [5, 5.41) is 16.3. The summed E-state index contributed by atoms with van der Waals surface area (Å²) >= 11 is 0. The molecule has 0 aliphatic carbocycles. The van der Waals surface area contributed by atoms with Gasteiger partial charge in [-0.3, -0.25) is 0 Å². The quantitative estimate of drug-likeness (QED) is 0.551. The average molecular weight is 358 g/mol. The molecule has 3 heteroatoms. The zero-order chi connectivity index (χ0) is 17.9. The van der Waals surface area contributed by atoms with Crippen LogP contribution in [0.2, 0.25) is 0 Å². The number of fused-ring (bicyclic) bond motifs is 1. The van der Waals surface area contributed by atoms with Crippen molar-refractivity contribution in [3.63, 3.8) is 0 Å². The van der Waals surface area contributed by atoms with Gasteiger partial charge in [0.25, 0.3) is 0 Å². The Morgan fingerprint density at radius 2 is 1.42 bits per heavy atom. The number of phenols is 1. The third kappa shape index (κ3) is 2.94. The molecule has 0 aliphatic heterocycles. The van der Waals surface area contributed by atoms with Gasteiger partial charge in [0.2, 0.25) is 0 Å². The molecule has 0 saturated carbocycles. The van der Waals surface area contributed by atoms with Gasteiger partial charge in [0.15, 0.2) is 0 Å². The average Bonchev–Trinajstić information content (AvgIpc) is 2.71. The van der Waals surface area contributed by atoms with Crippen LogP contribution in [-0.2, 0) is 0 Å². The lowest BCUT2D eigenvalue weighted by Crippen LogP contribution is -2.22.